The number of carbonyl (C=O) groups is 1. The molecule has 2 rings (SSSR count). The second-order valence-corrected chi connectivity index (χ2v) is 3.93. The lowest BCUT2D eigenvalue weighted by atomic mass is 10.2. The van der Waals surface area contributed by atoms with Crippen LogP contribution >= 0.6 is 0 Å². The van der Waals surface area contributed by atoms with Crippen molar-refractivity contribution in [2.24, 2.45) is 0 Å². The van der Waals surface area contributed by atoms with Gasteiger partial charge in [0.15, 0.2) is 0 Å². The molecule has 82 valence electrons. The topological polar surface area (TPSA) is 56.1 Å². The molecule has 1 heterocycles. The van der Waals surface area contributed by atoms with Crippen molar-refractivity contribution in [3.8, 4) is 6.07 Å². The van der Waals surface area contributed by atoms with Gasteiger partial charge in [-0.2, -0.15) is 5.26 Å². The zero-order valence-corrected chi connectivity index (χ0v) is 9.10. The van der Waals surface area contributed by atoms with Gasteiger partial charge in [-0.05, 0) is 30.7 Å². The average Bonchev–Trinajstić information content (AvgIpc) is 2.62. The molecule has 4 nitrogen and oxygen atoms in total. The predicted octanol–water partition coefficient (Wildman–Crippen LogP) is 1.20. The van der Waals surface area contributed by atoms with E-state index in [1.165, 1.54) is 0 Å². The third-order valence-corrected chi connectivity index (χ3v) is 2.78. The van der Waals surface area contributed by atoms with Gasteiger partial charge in [0, 0.05) is 19.3 Å². The van der Waals surface area contributed by atoms with Crippen LogP contribution in [0.1, 0.15) is 12.0 Å². The van der Waals surface area contributed by atoms with Crippen molar-refractivity contribution in [3.63, 3.8) is 0 Å². The third-order valence-electron chi connectivity index (χ3n) is 2.78. The zero-order chi connectivity index (χ0) is 11.5. The number of hydrogen-bond acceptors (Lipinski definition) is 3. The quantitative estimate of drug-likeness (QED) is 0.806. The first-order valence-corrected chi connectivity index (χ1v) is 5.22. The maximum absolute atomic E-state index is 11.6. The molecule has 1 saturated heterocycles. The van der Waals surface area contributed by atoms with E-state index in [1.54, 1.807) is 17.0 Å². The summed E-state index contributed by atoms with van der Waals surface area (Å²) in [6.45, 7) is 0.798. The number of amides is 1. The lowest BCUT2D eigenvalue weighted by Gasteiger charge is -2.13. The first kappa shape index (κ1) is 10.5. The number of benzene rings is 1. The molecular weight excluding hydrogens is 202 g/mol. The molecule has 1 aliphatic heterocycles. The van der Waals surface area contributed by atoms with E-state index in [9.17, 15) is 4.79 Å². The van der Waals surface area contributed by atoms with Crippen LogP contribution in [0, 0.1) is 11.3 Å². The molecule has 4 heteroatoms. The molecule has 16 heavy (non-hydrogen) atoms. The van der Waals surface area contributed by atoms with Crippen LogP contribution < -0.4 is 5.32 Å². The number of hydrogen-bond donors (Lipinski definition) is 1. The predicted molar refractivity (Wildman–Crippen MR) is 60.8 cm³/mol. The van der Waals surface area contributed by atoms with Gasteiger partial charge in [0.2, 0.25) is 5.91 Å². The Bertz CT molecular complexity index is 433. The van der Waals surface area contributed by atoms with Gasteiger partial charge < -0.3 is 10.2 Å². The molecule has 0 aliphatic carbocycles. The summed E-state index contributed by atoms with van der Waals surface area (Å²) < 4.78 is 0. The monoisotopic (exact) mass is 215 g/mol. The third kappa shape index (κ3) is 1.98. The first-order chi connectivity index (χ1) is 7.70. The molecule has 1 unspecified atom stereocenters. The largest absolute Gasteiger partial charge is 0.374 e. The van der Waals surface area contributed by atoms with Gasteiger partial charge >= 0.3 is 0 Å². The van der Waals surface area contributed by atoms with E-state index in [-0.39, 0.29) is 11.9 Å². The summed E-state index contributed by atoms with van der Waals surface area (Å²) in [5, 5.41) is 11.8. The van der Waals surface area contributed by atoms with E-state index in [4.69, 9.17) is 5.26 Å². The molecule has 0 radical (unpaired) electrons. The second kappa shape index (κ2) is 4.23. The van der Waals surface area contributed by atoms with E-state index < -0.39 is 0 Å². The fourth-order valence-corrected chi connectivity index (χ4v) is 1.80. The molecule has 1 aromatic rings. The van der Waals surface area contributed by atoms with Gasteiger partial charge in [-0.25, -0.2) is 0 Å². The first-order valence-electron chi connectivity index (χ1n) is 5.22. The van der Waals surface area contributed by atoms with Crippen molar-refractivity contribution >= 4 is 11.6 Å². The normalized spacial score (nSPS) is 19.6. The maximum atomic E-state index is 11.6. The van der Waals surface area contributed by atoms with Crippen molar-refractivity contribution in [1.29, 1.82) is 5.26 Å². The Kier molecular flexibility index (Phi) is 2.78. The lowest BCUT2D eigenvalue weighted by Crippen LogP contribution is -2.30. The summed E-state index contributed by atoms with van der Waals surface area (Å²) in [6, 6.07) is 9.06. The number of carbonyl (C=O) groups excluding carboxylic acids is 1. The Hall–Kier alpha value is -2.02. The summed E-state index contributed by atoms with van der Waals surface area (Å²) in [4.78, 5) is 13.4. The highest BCUT2D eigenvalue weighted by atomic mass is 16.2. The van der Waals surface area contributed by atoms with Gasteiger partial charge in [-0.15, -0.1) is 0 Å². The van der Waals surface area contributed by atoms with E-state index in [2.05, 4.69) is 11.4 Å². The number of anilines is 1. The Morgan fingerprint density at radius 3 is 2.62 bits per heavy atom. The standard InChI is InChI=1S/C12H13N3O/c1-15-7-6-11(12(15)16)14-10-4-2-9(8-13)3-5-10/h2-5,11,14H,6-7H2,1H3. The highest BCUT2D eigenvalue weighted by molar-refractivity contribution is 5.86. The van der Waals surface area contributed by atoms with Crippen LogP contribution in [-0.4, -0.2) is 30.4 Å². The van der Waals surface area contributed by atoms with Gasteiger partial charge in [0.05, 0.1) is 11.6 Å². The zero-order valence-electron chi connectivity index (χ0n) is 9.10. The van der Waals surface area contributed by atoms with Crippen LogP contribution in [0.25, 0.3) is 0 Å². The minimum atomic E-state index is -0.127. The molecular formula is C12H13N3O. The SMILES string of the molecule is CN1CCC(Nc2ccc(C#N)cc2)C1=O. The molecule has 0 bridgehead atoms. The summed E-state index contributed by atoms with van der Waals surface area (Å²) in [5.74, 6) is 0.129. The van der Waals surface area contributed by atoms with Crippen molar-refractivity contribution in [3.05, 3.63) is 29.8 Å². The molecule has 1 aromatic carbocycles. The van der Waals surface area contributed by atoms with Crippen LogP contribution in [-0.2, 0) is 4.79 Å². The summed E-state index contributed by atoms with van der Waals surface area (Å²) in [6.07, 6.45) is 0.829. The Labute approximate surface area is 94.5 Å². The molecule has 1 aliphatic rings. The number of nitrogens with zero attached hydrogens (tertiary/aromatic N) is 2. The highest BCUT2D eigenvalue weighted by Gasteiger charge is 2.28. The maximum Gasteiger partial charge on any atom is 0.244 e. The minimum absolute atomic E-state index is 0.127. The van der Waals surface area contributed by atoms with Crippen LogP contribution in [0.15, 0.2) is 24.3 Å². The van der Waals surface area contributed by atoms with Gasteiger partial charge in [0.25, 0.3) is 0 Å². The summed E-state index contributed by atoms with van der Waals surface area (Å²) in [7, 11) is 1.81. The molecule has 1 N–H and O–H groups in total. The van der Waals surface area contributed by atoms with Crippen molar-refractivity contribution in [2.75, 3.05) is 18.9 Å². The molecule has 1 atom stereocenters. The van der Waals surface area contributed by atoms with Crippen LogP contribution in [0.5, 0.6) is 0 Å². The molecule has 0 aromatic heterocycles. The van der Waals surface area contributed by atoms with Crippen molar-refractivity contribution in [2.45, 2.75) is 12.5 Å². The molecule has 1 amide bonds. The van der Waals surface area contributed by atoms with E-state index in [1.807, 2.05) is 19.2 Å². The number of likely N-dealkylation sites (tertiary alicyclic amines) is 1. The van der Waals surface area contributed by atoms with E-state index >= 15 is 0 Å². The Morgan fingerprint density at radius 1 is 1.44 bits per heavy atom. The van der Waals surface area contributed by atoms with Gasteiger partial charge in [-0.3, -0.25) is 4.79 Å². The fourth-order valence-electron chi connectivity index (χ4n) is 1.80. The van der Waals surface area contributed by atoms with Gasteiger partial charge in [0.1, 0.15) is 6.04 Å². The minimum Gasteiger partial charge on any atom is -0.374 e. The van der Waals surface area contributed by atoms with E-state index in [0.717, 1.165) is 18.7 Å². The van der Waals surface area contributed by atoms with Crippen LogP contribution in [0.2, 0.25) is 0 Å². The average molecular weight is 215 g/mol. The number of nitriles is 1. The fraction of sp³-hybridized carbons (Fsp3) is 0.333. The molecule has 0 spiro atoms. The lowest BCUT2D eigenvalue weighted by molar-refractivity contribution is -0.127. The Morgan fingerprint density at radius 2 is 2.12 bits per heavy atom. The highest BCUT2D eigenvalue weighted by Crippen LogP contribution is 2.16. The second-order valence-electron chi connectivity index (χ2n) is 3.93. The smallest absolute Gasteiger partial charge is 0.244 e. The molecule has 0 saturated carbocycles. The van der Waals surface area contributed by atoms with Crippen molar-refractivity contribution in [1.82, 2.24) is 4.90 Å². The summed E-state index contributed by atoms with van der Waals surface area (Å²) in [5.41, 5.74) is 1.51. The number of nitrogens with one attached hydrogen (secondary N) is 1. The van der Waals surface area contributed by atoms with E-state index in [0.29, 0.717) is 5.56 Å². The van der Waals surface area contributed by atoms with Crippen LogP contribution in [0.3, 0.4) is 0 Å². The number of rotatable bonds is 2. The van der Waals surface area contributed by atoms with Crippen LogP contribution in [0.4, 0.5) is 5.69 Å². The van der Waals surface area contributed by atoms with Crippen molar-refractivity contribution < 1.29 is 4.79 Å². The Balaban J connectivity index is 2.05. The van der Waals surface area contributed by atoms with Gasteiger partial charge in [-0.1, -0.05) is 0 Å². The molecule has 1 fully saturated rings. The number of likely N-dealkylation sites (N-methyl/N-ethyl adjacent to an activating group) is 1. The summed E-state index contributed by atoms with van der Waals surface area (Å²) >= 11 is 0.